The lowest BCUT2D eigenvalue weighted by molar-refractivity contribution is 0.0940. The zero-order valence-corrected chi connectivity index (χ0v) is 14.2. The molecule has 0 spiro atoms. The van der Waals surface area contributed by atoms with Crippen molar-refractivity contribution in [2.24, 2.45) is 0 Å². The van der Waals surface area contributed by atoms with Crippen molar-refractivity contribution in [3.63, 3.8) is 0 Å². The van der Waals surface area contributed by atoms with E-state index >= 15 is 0 Å². The molecule has 0 bridgehead atoms. The van der Waals surface area contributed by atoms with E-state index in [1.54, 1.807) is 16.9 Å². The standard InChI is InChI=1S/C20H21N3O2/c1-2-23-19(12-13-22-23)20(24)21-14-16-8-10-18(11-9-16)25-15-17-6-4-3-5-7-17/h3-13H,2,14-15H2,1H3,(H,21,24). The average molecular weight is 335 g/mol. The van der Waals surface area contributed by atoms with E-state index in [9.17, 15) is 4.79 Å². The maximum Gasteiger partial charge on any atom is 0.269 e. The Kier molecular flexibility index (Phi) is 5.46. The number of rotatable bonds is 7. The monoisotopic (exact) mass is 335 g/mol. The van der Waals surface area contributed by atoms with Gasteiger partial charge in [0.1, 0.15) is 18.1 Å². The van der Waals surface area contributed by atoms with Gasteiger partial charge in [0.25, 0.3) is 5.91 Å². The first-order valence-electron chi connectivity index (χ1n) is 8.32. The topological polar surface area (TPSA) is 56.2 Å². The van der Waals surface area contributed by atoms with Crippen LogP contribution in [-0.2, 0) is 19.7 Å². The molecule has 0 aliphatic carbocycles. The molecule has 1 N–H and O–H groups in total. The number of benzene rings is 2. The SMILES string of the molecule is CCn1nccc1C(=O)NCc1ccc(OCc2ccccc2)cc1. The van der Waals surface area contributed by atoms with Crippen LogP contribution in [0.4, 0.5) is 0 Å². The maximum absolute atomic E-state index is 12.2. The Morgan fingerprint density at radius 3 is 2.52 bits per heavy atom. The smallest absolute Gasteiger partial charge is 0.269 e. The summed E-state index contributed by atoms with van der Waals surface area (Å²) in [6.07, 6.45) is 1.64. The van der Waals surface area contributed by atoms with Crippen LogP contribution in [0.5, 0.6) is 5.75 Å². The van der Waals surface area contributed by atoms with Crippen LogP contribution < -0.4 is 10.1 Å². The second-order valence-corrected chi connectivity index (χ2v) is 5.63. The molecule has 2 aromatic carbocycles. The molecular formula is C20H21N3O2. The van der Waals surface area contributed by atoms with Gasteiger partial charge in [-0.15, -0.1) is 0 Å². The van der Waals surface area contributed by atoms with Gasteiger partial charge in [0, 0.05) is 19.3 Å². The molecule has 25 heavy (non-hydrogen) atoms. The lowest BCUT2D eigenvalue weighted by atomic mass is 10.2. The molecule has 0 aliphatic heterocycles. The molecule has 0 radical (unpaired) electrons. The van der Waals surface area contributed by atoms with E-state index in [1.165, 1.54) is 0 Å². The van der Waals surface area contributed by atoms with Gasteiger partial charge < -0.3 is 10.1 Å². The largest absolute Gasteiger partial charge is 0.489 e. The van der Waals surface area contributed by atoms with Crippen molar-refractivity contribution in [2.75, 3.05) is 0 Å². The summed E-state index contributed by atoms with van der Waals surface area (Å²) >= 11 is 0. The van der Waals surface area contributed by atoms with Crippen LogP contribution in [0, 0.1) is 0 Å². The van der Waals surface area contributed by atoms with Crippen molar-refractivity contribution in [3.05, 3.63) is 83.7 Å². The van der Waals surface area contributed by atoms with Crippen LogP contribution in [0.1, 0.15) is 28.5 Å². The molecule has 0 unspecified atom stereocenters. The normalized spacial score (nSPS) is 10.4. The summed E-state index contributed by atoms with van der Waals surface area (Å²) in [6, 6.07) is 19.5. The Labute approximate surface area is 147 Å². The van der Waals surface area contributed by atoms with Crippen LogP contribution >= 0.6 is 0 Å². The minimum Gasteiger partial charge on any atom is -0.489 e. The molecule has 1 amide bonds. The van der Waals surface area contributed by atoms with E-state index in [-0.39, 0.29) is 5.91 Å². The second kappa shape index (κ2) is 8.15. The summed E-state index contributed by atoms with van der Waals surface area (Å²) in [5.41, 5.74) is 2.72. The number of carbonyl (C=O) groups excluding carboxylic acids is 1. The van der Waals surface area contributed by atoms with Crippen LogP contribution in [-0.4, -0.2) is 15.7 Å². The lowest BCUT2D eigenvalue weighted by Gasteiger charge is -2.09. The van der Waals surface area contributed by atoms with E-state index in [4.69, 9.17) is 4.74 Å². The highest BCUT2D eigenvalue weighted by atomic mass is 16.5. The number of amides is 1. The van der Waals surface area contributed by atoms with Crippen molar-refractivity contribution in [3.8, 4) is 5.75 Å². The van der Waals surface area contributed by atoms with Gasteiger partial charge in [-0.1, -0.05) is 42.5 Å². The summed E-state index contributed by atoms with van der Waals surface area (Å²) < 4.78 is 7.44. The Balaban J connectivity index is 1.51. The molecule has 5 nitrogen and oxygen atoms in total. The summed E-state index contributed by atoms with van der Waals surface area (Å²) in [4.78, 5) is 12.2. The van der Waals surface area contributed by atoms with E-state index in [0.717, 1.165) is 16.9 Å². The minimum absolute atomic E-state index is 0.122. The van der Waals surface area contributed by atoms with Crippen molar-refractivity contribution >= 4 is 5.91 Å². The lowest BCUT2D eigenvalue weighted by Crippen LogP contribution is -2.25. The molecule has 0 fully saturated rings. The zero-order chi connectivity index (χ0) is 17.5. The Bertz CT molecular complexity index is 810. The molecule has 3 rings (SSSR count). The van der Waals surface area contributed by atoms with E-state index in [0.29, 0.717) is 25.4 Å². The van der Waals surface area contributed by atoms with E-state index in [2.05, 4.69) is 10.4 Å². The average Bonchev–Trinajstić information content (AvgIpc) is 3.15. The number of nitrogens with zero attached hydrogens (tertiary/aromatic N) is 2. The van der Waals surface area contributed by atoms with Gasteiger partial charge in [-0.25, -0.2) is 0 Å². The third-order valence-electron chi connectivity index (χ3n) is 3.87. The van der Waals surface area contributed by atoms with Gasteiger partial charge in [0.05, 0.1) is 0 Å². The maximum atomic E-state index is 12.2. The first-order valence-corrected chi connectivity index (χ1v) is 8.32. The molecule has 128 valence electrons. The van der Waals surface area contributed by atoms with Gasteiger partial charge in [-0.3, -0.25) is 9.48 Å². The molecule has 0 saturated heterocycles. The number of ether oxygens (including phenoxy) is 1. The quantitative estimate of drug-likeness (QED) is 0.720. The zero-order valence-electron chi connectivity index (χ0n) is 14.2. The molecule has 0 aliphatic rings. The highest BCUT2D eigenvalue weighted by Crippen LogP contribution is 2.14. The highest BCUT2D eigenvalue weighted by molar-refractivity contribution is 5.92. The third-order valence-corrected chi connectivity index (χ3v) is 3.87. The summed E-state index contributed by atoms with van der Waals surface area (Å²) in [5.74, 6) is 0.687. The second-order valence-electron chi connectivity index (χ2n) is 5.63. The van der Waals surface area contributed by atoms with Gasteiger partial charge in [0.15, 0.2) is 0 Å². The number of nitrogens with one attached hydrogen (secondary N) is 1. The van der Waals surface area contributed by atoms with Crippen molar-refractivity contribution in [2.45, 2.75) is 26.6 Å². The Morgan fingerprint density at radius 2 is 1.80 bits per heavy atom. The molecule has 0 atom stereocenters. The van der Waals surface area contributed by atoms with E-state index in [1.807, 2.05) is 61.5 Å². The van der Waals surface area contributed by atoms with Gasteiger partial charge in [-0.05, 0) is 36.2 Å². The first kappa shape index (κ1) is 16.8. The Morgan fingerprint density at radius 1 is 1.04 bits per heavy atom. The molecule has 1 aromatic heterocycles. The molecule has 5 heteroatoms. The predicted octanol–water partition coefficient (Wildman–Crippen LogP) is 3.41. The third kappa shape index (κ3) is 4.47. The van der Waals surface area contributed by atoms with Crippen molar-refractivity contribution in [1.82, 2.24) is 15.1 Å². The van der Waals surface area contributed by atoms with Crippen LogP contribution in [0.25, 0.3) is 0 Å². The fourth-order valence-corrected chi connectivity index (χ4v) is 2.49. The molecule has 1 heterocycles. The molecule has 0 saturated carbocycles. The number of aromatic nitrogens is 2. The van der Waals surface area contributed by atoms with Crippen LogP contribution in [0.2, 0.25) is 0 Å². The number of carbonyl (C=O) groups is 1. The molecular weight excluding hydrogens is 314 g/mol. The summed E-state index contributed by atoms with van der Waals surface area (Å²) in [7, 11) is 0. The van der Waals surface area contributed by atoms with Gasteiger partial charge in [-0.2, -0.15) is 5.10 Å². The highest BCUT2D eigenvalue weighted by Gasteiger charge is 2.10. The van der Waals surface area contributed by atoms with Crippen molar-refractivity contribution in [1.29, 1.82) is 0 Å². The van der Waals surface area contributed by atoms with Crippen LogP contribution in [0.3, 0.4) is 0 Å². The first-order chi connectivity index (χ1) is 12.3. The Hall–Kier alpha value is -3.08. The number of hydrogen-bond donors (Lipinski definition) is 1. The summed E-state index contributed by atoms with van der Waals surface area (Å²) in [6.45, 7) is 3.63. The van der Waals surface area contributed by atoms with Gasteiger partial charge >= 0.3 is 0 Å². The molecule has 3 aromatic rings. The van der Waals surface area contributed by atoms with E-state index < -0.39 is 0 Å². The minimum atomic E-state index is -0.122. The van der Waals surface area contributed by atoms with Crippen molar-refractivity contribution < 1.29 is 9.53 Å². The van der Waals surface area contributed by atoms with Crippen LogP contribution in [0.15, 0.2) is 66.9 Å². The van der Waals surface area contributed by atoms with Gasteiger partial charge in [0.2, 0.25) is 0 Å². The fraction of sp³-hybridized carbons (Fsp3) is 0.200. The number of hydrogen-bond acceptors (Lipinski definition) is 3. The fourth-order valence-electron chi connectivity index (χ4n) is 2.49. The number of aryl methyl sites for hydroxylation is 1. The summed E-state index contributed by atoms with van der Waals surface area (Å²) in [5, 5.41) is 7.02. The predicted molar refractivity (Wildman–Crippen MR) is 96.3 cm³/mol.